The van der Waals surface area contributed by atoms with Crippen LogP contribution in [0, 0.1) is 5.92 Å². The van der Waals surface area contributed by atoms with Crippen LogP contribution in [-0.4, -0.2) is 21.5 Å². The van der Waals surface area contributed by atoms with Gasteiger partial charge >= 0.3 is 0 Å². The maximum Gasteiger partial charge on any atom is 0.261 e. The van der Waals surface area contributed by atoms with E-state index in [1.54, 1.807) is 18.2 Å². The zero-order chi connectivity index (χ0) is 17.7. The van der Waals surface area contributed by atoms with Crippen LogP contribution in [0.3, 0.4) is 0 Å². The molecule has 0 saturated heterocycles. The molecule has 1 heterocycles. The molecule has 5 nitrogen and oxygen atoms in total. The quantitative estimate of drug-likeness (QED) is 0.833. The van der Waals surface area contributed by atoms with Crippen LogP contribution >= 0.6 is 11.6 Å². The van der Waals surface area contributed by atoms with Crippen molar-refractivity contribution in [1.29, 1.82) is 0 Å². The third-order valence-electron chi connectivity index (χ3n) is 3.93. The van der Waals surface area contributed by atoms with Crippen molar-refractivity contribution in [1.82, 2.24) is 14.9 Å². The van der Waals surface area contributed by atoms with Crippen LogP contribution in [0.2, 0.25) is 5.02 Å². The van der Waals surface area contributed by atoms with Gasteiger partial charge in [-0.25, -0.2) is 4.98 Å². The summed E-state index contributed by atoms with van der Waals surface area (Å²) in [6.45, 7) is 6.32. The van der Waals surface area contributed by atoms with Gasteiger partial charge in [0.1, 0.15) is 6.54 Å². The van der Waals surface area contributed by atoms with Gasteiger partial charge in [-0.3, -0.25) is 14.2 Å². The van der Waals surface area contributed by atoms with Gasteiger partial charge < -0.3 is 5.32 Å². The minimum absolute atomic E-state index is 0.0389. The lowest BCUT2D eigenvalue weighted by atomic mass is 10.0. The van der Waals surface area contributed by atoms with Gasteiger partial charge in [-0.15, -0.1) is 0 Å². The molecule has 1 unspecified atom stereocenters. The predicted octanol–water partition coefficient (Wildman–Crippen LogP) is 3.38. The molecule has 130 valence electrons. The fourth-order valence-electron chi connectivity index (χ4n) is 2.62. The van der Waals surface area contributed by atoms with Gasteiger partial charge in [-0.05, 0) is 37.5 Å². The second kappa shape index (κ2) is 8.29. The molecule has 1 N–H and O–H groups in total. The Kier molecular flexibility index (Phi) is 6.37. The topological polar surface area (TPSA) is 64.0 Å². The Hall–Kier alpha value is -1.88. The zero-order valence-electron chi connectivity index (χ0n) is 14.4. The SMILES string of the molecule is CC(C)CCCC(C)NC(=O)Cn1cnc2ccc(Cl)cc2c1=O. The molecule has 6 heteroatoms. The lowest BCUT2D eigenvalue weighted by molar-refractivity contribution is -0.122. The van der Waals surface area contributed by atoms with Gasteiger partial charge in [-0.2, -0.15) is 0 Å². The van der Waals surface area contributed by atoms with Gasteiger partial charge in [0.25, 0.3) is 5.56 Å². The van der Waals surface area contributed by atoms with Crippen molar-refractivity contribution in [3.05, 3.63) is 39.9 Å². The summed E-state index contributed by atoms with van der Waals surface area (Å²) in [6, 6.07) is 5.05. The molecule has 24 heavy (non-hydrogen) atoms. The molecule has 0 spiro atoms. The van der Waals surface area contributed by atoms with Crippen molar-refractivity contribution in [3.63, 3.8) is 0 Å². The van der Waals surface area contributed by atoms with Crippen molar-refractivity contribution >= 4 is 28.4 Å². The maximum atomic E-state index is 12.4. The zero-order valence-corrected chi connectivity index (χ0v) is 15.1. The third kappa shape index (κ3) is 5.06. The van der Waals surface area contributed by atoms with E-state index in [0.29, 0.717) is 21.8 Å². The Morgan fingerprint density at radius 2 is 2.04 bits per heavy atom. The smallest absolute Gasteiger partial charge is 0.261 e. The fraction of sp³-hybridized carbons (Fsp3) is 0.500. The first kappa shape index (κ1) is 18.5. The highest BCUT2D eigenvalue weighted by atomic mass is 35.5. The maximum absolute atomic E-state index is 12.4. The normalized spacial score (nSPS) is 12.5. The first-order valence-electron chi connectivity index (χ1n) is 8.31. The predicted molar refractivity (Wildman–Crippen MR) is 97.3 cm³/mol. The summed E-state index contributed by atoms with van der Waals surface area (Å²) in [5, 5.41) is 3.83. The van der Waals surface area contributed by atoms with Crippen molar-refractivity contribution in [3.8, 4) is 0 Å². The minimum atomic E-state index is -0.259. The summed E-state index contributed by atoms with van der Waals surface area (Å²) in [5.41, 5.74) is 0.313. The Morgan fingerprint density at radius 3 is 2.75 bits per heavy atom. The standard InChI is InChI=1S/C18H24ClN3O2/c1-12(2)5-4-6-13(3)21-17(23)10-22-11-20-16-8-7-14(19)9-15(16)18(22)24/h7-9,11-13H,4-6,10H2,1-3H3,(H,21,23). The van der Waals surface area contributed by atoms with E-state index in [9.17, 15) is 9.59 Å². The molecule has 1 aromatic carbocycles. The molecule has 1 atom stereocenters. The lowest BCUT2D eigenvalue weighted by Gasteiger charge is -2.15. The number of nitrogens with one attached hydrogen (secondary N) is 1. The number of aromatic nitrogens is 2. The van der Waals surface area contributed by atoms with Gasteiger partial charge in [-0.1, -0.05) is 38.3 Å². The van der Waals surface area contributed by atoms with Crippen LogP contribution in [0.4, 0.5) is 0 Å². The first-order valence-corrected chi connectivity index (χ1v) is 8.68. The number of halogens is 1. The second-order valence-corrected chi connectivity index (χ2v) is 7.07. The molecule has 2 aromatic rings. The summed E-state index contributed by atoms with van der Waals surface area (Å²) in [5.74, 6) is 0.485. The van der Waals surface area contributed by atoms with Crippen LogP contribution in [0.15, 0.2) is 29.3 Å². The molecule has 0 fully saturated rings. The molecule has 0 bridgehead atoms. The van der Waals surface area contributed by atoms with E-state index in [1.165, 1.54) is 10.9 Å². The van der Waals surface area contributed by atoms with Crippen LogP contribution in [0.5, 0.6) is 0 Å². The molecule has 0 saturated carbocycles. The fourth-order valence-corrected chi connectivity index (χ4v) is 2.80. The van der Waals surface area contributed by atoms with E-state index in [0.717, 1.165) is 19.3 Å². The van der Waals surface area contributed by atoms with E-state index in [4.69, 9.17) is 11.6 Å². The van der Waals surface area contributed by atoms with Crippen LogP contribution < -0.4 is 10.9 Å². The van der Waals surface area contributed by atoms with E-state index in [1.807, 2.05) is 6.92 Å². The van der Waals surface area contributed by atoms with E-state index < -0.39 is 0 Å². The summed E-state index contributed by atoms with van der Waals surface area (Å²) in [4.78, 5) is 28.8. The highest BCUT2D eigenvalue weighted by Crippen LogP contribution is 2.14. The van der Waals surface area contributed by atoms with Crippen molar-refractivity contribution in [2.24, 2.45) is 5.92 Å². The largest absolute Gasteiger partial charge is 0.352 e. The Morgan fingerprint density at radius 1 is 1.29 bits per heavy atom. The Bertz CT molecular complexity index is 770. The molecule has 0 aliphatic carbocycles. The summed E-state index contributed by atoms with van der Waals surface area (Å²) >= 11 is 5.93. The van der Waals surface area contributed by atoms with E-state index in [-0.39, 0.29) is 24.1 Å². The average Bonchev–Trinajstić information content (AvgIpc) is 2.50. The summed E-state index contributed by atoms with van der Waals surface area (Å²) in [7, 11) is 0. The van der Waals surface area contributed by atoms with Crippen LogP contribution in [0.25, 0.3) is 10.9 Å². The van der Waals surface area contributed by atoms with Crippen LogP contribution in [0.1, 0.15) is 40.0 Å². The highest BCUT2D eigenvalue weighted by molar-refractivity contribution is 6.31. The molecule has 1 amide bonds. The lowest BCUT2D eigenvalue weighted by Crippen LogP contribution is -2.37. The average molecular weight is 350 g/mol. The van der Waals surface area contributed by atoms with Gasteiger partial charge in [0, 0.05) is 11.1 Å². The number of nitrogens with zero attached hydrogens (tertiary/aromatic N) is 2. The van der Waals surface area contributed by atoms with E-state index >= 15 is 0 Å². The molecule has 1 aromatic heterocycles. The monoisotopic (exact) mass is 349 g/mol. The number of fused-ring (bicyclic) bond motifs is 1. The molecular formula is C18H24ClN3O2. The minimum Gasteiger partial charge on any atom is -0.352 e. The second-order valence-electron chi connectivity index (χ2n) is 6.63. The van der Waals surface area contributed by atoms with E-state index in [2.05, 4.69) is 24.1 Å². The number of rotatable bonds is 7. The molecule has 0 aliphatic rings. The Balaban J connectivity index is 2.00. The van der Waals surface area contributed by atoms with Crippen molar-refractivity contribution in [2.45, 2.75) is 52.6 Å². The number of amides is 1. The van der Waals surface area contributed by atoms with Crippen molar-refractivity contribution < 1.29 is 4.79 Å². The number of carbonyl (C=O) groups is 1. The van der Waals surface area contributed by atoms with Gasteiger partial charge in [0.15, 0.2) is 0 Å². The van der Waals surface area contributed by atoms with Crippen LogP contribution in [-0.2, 0) is 11.3 Å². The number of hydrogen-bond acceptors (Lipinski definition) is 3. The van der Waals surface area contributed by atoms with Crippen molar-refractivity contribution in [2.75, 3.05) is 0 Å². The molecule has 0 aliphatic heterocycles. The summed E-state index contributed by atoms with van der Waals surface area (Å²) < 4.78 is 1.31. The molecule has 2 rings (SSSR count). The number of benzene rings is 1. The number of hydrogen-bond donors (Lipinski definition) is 1. The highest BCUT2D eigenvalue weighted by Gasteiger charge is 2.11. The molecule has 0 radical (unpaired) electrons. The van der Waals surface area contributed by atoms with Gasteiger partial charge in [0.2, 0.25) is 5.91 Å². The third-order valence-corrected chi connectivity index (χ3v) is 4.16. The van der Waals surface area contributed by atoms with Gasteiger partial charge in [0.05, 0.1) is 17.2 Å². The first-order chi connectivity index (χ1) is 11.4. The molecular weight excluding hydrogens is 326 g/mol. The summed E-state index contributed by atoms with van der Waals surface area (Å²) in [6.07, 6.45) is 4.57. The Labute approximate surface area is 147 Å². The number of carbonyl (C=O) groups excluding carboxylic acids is 1.